The third-order valence-corrected chi connectivity index (χ3v) is 24.7. The summed E-state index contributed by atoms with van der Waals surface area (Å²) in [6.07, 6.45) is 10.1. The second-order valence-corrected chi connectivity index (χ2v) is 37.2. The predicted molar refractivity (Wildman–Crippen MR) is 518 cm³/mol. The van der Waals surface area contributed by atoms with Crippen molar-refractivity contribution in [3.63, 3.8) is 0 Å². The SMILES string of the molecule is CC1=C(N2c3ccccc3C=Cc3ccccc32)N(C)[CH-]N1c1[c-]c(N(c2[c-]c3c(cc2)c2ccccc2n3-c2ccccn2)c2cc(C(C)(C)C)cc(C(C)(C)C)c2)ccc1.CC1=C(N2c3ccccc3CCc3ccccc32)N(C)[CH-]N1c1[c-]c(N(c2[c-]c3c(cc2)c2ccccc2n3-c2ccccn2)c2cc(C(C)(C)C)cc(C(C)(C)C)c2)ccc1.[Pt].[Pt]. The molecule has 0 fully saturated rings. The van der Waals surface area contributed by atoms with E-state index >= 15 is 0 Å². The van der Waals surface area contributed by atoms with Gasteiger partial charge in [0.2, 0.25) is 0 Å². The van der Waals surface area contributed by atoms with Gasteiger partial charge in [-0.2, -0.15) is 37.6 Å². The monoisotopic (exact) mass is 2010 g/mol. The molecule has 4 aliphatic rings. The van der Waals surface area contributed by atoms with Crippen molar-refractivity contribution in [2.24, 2.45) is 0 Å². The Morgan fingerprint density at radius 3 is 1.06 bits per heavy atom. The standard InChI is InChI=1S/C56H53N6.C56H51N6.2Pt/c2*1-38-54(62-49-23-12-9-18-39(49)27-28-40-19-10-13-24-50(40)62)58(8)37-59(38)43-20-17-21-44(35-43)60(46-33-41(55(2,3)4)32-42(34-46)56(5,6)7)45-29-30-48-47-22-11-14-25-51(47)61(52(48)36-45)53-26-15-16-31-57-53;;/h9-26,29-34,37H,27-28H2,1-8H3;9-34,37H,1-8H3;;/q2*-3;;. The minimum absolute atomic E-state index is 0. The van der Waals surface area contributed by atoms with E-state index in [4.69, 9.17) is 9.97 Å². The van der Waals surface area contributed by atoms with Crippen molar-refractivity contribution in [3.8, 4) is 11.6 Å². The molecular formula is C112H104N12Pt2-6. The van der Waals surface area contributed by atoms with Gasteiger partial charge in [-0.1, -0.05) is 262 Å². The molecule has 0 bridgehead atoms. The van der Waals surface area contributed by atoms with E-state index in [9.17, 15) is 0 Å². The molecule has 8 heterocycles. The quantitative estimate of drug-likeness (QED) is 0.111. The summed E-state index contributed by atoms with van der Waals surface area (Å²) in [5.74, 6) is 3.92. The molecule has 0 spiro atoms. The Kier molecular flexibility index (Phi) is 23.0. The van der Waals surface area contributed by atoms with Crippen LogP contribution in [0.2, 0.25) is 0 Å². The van der Waals surface area contributed by atoms with Crippen LogP contribution in [0.15, 0.2) is 314 Å². The second-order valence-electron chi connectivity index (χ2n) is 37.2. The summed E-state index contributed by atoms with van der Waals surface area (Å²) in [6, 6.07) is 116. The molecule has 12 nitrogen and oxygen atoms in total. The van der Waals surface area contributed by atoms with Crippen molar-refractivity contribution < 1.29 is 42.1 Å². The van der Waals surface area contributed by atoms with Gasteiger partial charge < -0.3 is 38.5 Å². The summed E-state index contributed by atoms with van der Waals surface area (Å²) in [5, 5.41) is 4.59. The Morgan fingerprint density at radius 1 is 0.333 bits per heavy atom. The molecule has 12 aromatic carbocycles. The maximum absolute atomic E-state index is 4.83. The topological polar surface area (TPSA) is 61.6 Å². The molecule has 16 aromatic rings. The Balaban J connectivity index is 0.000000175. The number of aryl methyl sites for hydroxylation is 2. The average Bonchev–Trinajstić information content (AvgIpc) is 1.59. The Morgan fingerprint density at radius 2 is 0.675 bits per heavy atom. The maximum atomic E-state index is 4.83. The van der Waals surface area contributed by atoms with Gasteiger partial charge >= 0.3 is 0 Å². The number of fused-ring (bicyclic) bond motifs is 10. The van der Waals surface area contributed by atoms with Crippen LogP contribution in [0.25, 0.3) is 67.4 Å². The van der Waals surface area contributed by atoms with E-state index in [1.807, 2.05) is 36.7 Å². The molecule has 4 aliphatic heterocycles. The Labute approximate surface area is 772 Å². The van der Waals surface area contributed by atoms with Crippen LogP contribution in [0.3, 0.4) is 0 Å². The fourth-order valence-electron chi connectivity index (χ4n) is 18.1. The van der Waals surface area contributed by atoms with Crippen LogP contribution < -0.4 is 29.4 Å². The predicted octanol–water partition coefficient (Wildman–Crippen LogP) is 28.1. The zero-order chi connectivity index (χ0) is 85.8. The van der Waals surface area contributed by atoms with Crippen LogP contribution in [0.5, 0.6) is 0 Å². The molecule has 0 saturated heterocycles. The van der Waals surface area contributed by atoms with Crippen molar-refractivity contribution in [1.29, 1.82) is 0 Å². The van der Waals surface area contributed by atoms with E-state index < -0.39 is 0 Å². The first-order chi connectivity index (χ1) is 59.7. The van der Waals surface area contributed by atoms with Crippen LogP contribution in [-0.4, -0.2) is 43.0 Å². The third kappa shape index (κ3) is 15.8. The number of para-hydroxylation sites is 6. The number of aromatic nitrogens is 4. The molecule has 638 valence electrons. The molecule has 0 aliphatic carbocycles. The van der Waals surface area contributed by atoms with Gasteiger partial charge in [0.25, 0.3) is 0 Å². The van der Waals surface area contributed by atoms with Crippen molar-refractivity contribution in [2.45, 2.75) is 131 Å². The van der Waals surface area contributed by atoms with Crippen molar-refractivity contribution >= 4 is 124 Å². The molecular weight excluding hydrogens is 1900 g/mol. The summed E-state index contributed by atoms with van der Waals surface area (Å²) in [4.78, 5) is 28.2. The first-order valence-electron chi connectivity index (χ1n) is 43.2. The zero-order valence-corrected chi connectivity index (χ0v) is 79.0. The molecule has 14 heteroatoms. The van der Waals surface area contributed by atoms with Crippen LogP contribution >= 0.6 is 0 Å². The fraction of sp³-hybridized carbons (Fsp3) is 0.196. The van der Waals surface area contributed by atoms with Gasteiger partial charge in [0, 0.05) is 88.3 Å². The normalized spacial score (nSPS) is 14.1. The minimum atomic E-state index is -0.0835. The summed E-state index contributed by atoms with van der Waals surface area (Å²) < 4.78 is 4.47. The number of benzene rings is 12. The summed E-state index contributed by atoms with van der Waals surface area (Å²) >= 11 is 0. The molecule has 0 unspecified atom stereocenters. The molecule has 0 atom stereocenters. The number of hydrogen-bond acceptors (Lipinski definition) is 10. The van der Waals surface area contributed by atoms with Crippen LogP contribution in [0.4, 0.5) is 68.2 Å². The molecule has 0 saturated carbocycles. The molecule has 4 aromatic heterocycles. The van der Waals surface area contributed by atoms with Gasteiger partial charge in [-0.05, 0) is 203 Å². The summed E-state index contributed by atoms with van der Waals surface area (Å²) in [7, 11) is 4.29. The van der Waals surface area contributed by atoms with E-state index in [2.05, 4.69) is 464 Å². The van der Waals surface area contributed by atoms with E-state index in [1.54, 1.807) is 0 Å². The van der Waals surface area contributed by atoms with Gasteiger partial charge in [0.05, 0.1) is 22.7 Å². The van der Waals surface area contributed by atoms with E-state index in [1.165, 1.54) is 61.3 Å². The Bertz CT molecular complexity index is 6450. The van der Waals surface area contributed by atoms with E-state index in [0.717, 1.165) is 143 Å². The largest absolute Gasteiger partial charge is 0.496 e. The number of rotatable bonds is 12. The molecule has 20 rings (SSSR count). The first-order valence-corrected chi connectivity index (χ1v) is 43.2. The summed E-state index contributed by atoms with van der Waals surface area (Å²) in [6.45, 7) is 36.4. The van der Waals surface area contributed by atoms with Crippen molar-refractivity contribution in [2.75, 3.05) is 43.5 Å². The van der Waals surface area contributed by atoms with E-state index in [0.29, 0.717) is 0 Å². The number of anilines is 12. The van der Waals surface area contributed by atoms with Gasteiger partial charge in [0.1, 0.15) is 23.3 Å². The summed E-state index contributed by atoms with van der Waals surface area (Å²) in [5.41, 5.74) is 28.6. The van der Waals surface area contributed by atoms with Crippen LogP contribution in [0.1, 0.15) is 141 Å². The number of allylic oxidation sites excluding steroid dienone is 2. The Hall–Kier alpha value is -12.5. The number of pyridine rings is 2. The molecule has 0 N–H and O–H groups in total. The maximum Gasteiger partial charge on any atom is 0.135 e. The van der Waals surface area contributed by atoms with Crippen molar-refractivity contribution in [3.05, 3.63) is 397 Å². The first kappa shape index (κ1) is 85.7. The van der Waals surface area contributed by atoms with Crippen molar-refractivity contribution in [1.82, 2.24) is 28.9 Å². The smallest absolute Gasteiger partial charge is 0.135 e. The van der Waals surface area contributed by atoms with Crippen LogP contribution in [0, 0.1) is 37.6 Å². The second kappa shape index (κ2) is 33.8. The number of nitrogens with zero attached hydrogens (tertiary/aromatic N) is 12. The molecule has 0 radical (unpaired) electrons. The molecule has 126 heavy (non-hydrogen) atoms. The molecule has 0 amide bonds. The third-order valence-electron chi connectivity index (χ3n) is 24.7. The zero-order valence-electron chi connectivity index (χ0n) is 74.4. The minimum Gasteiger partial charge on any atom is -0.496 e. The van der Waals surface area contributed by atoms with Gasteiger partial charge in [-0.25, -0.2) is 9.97 Å². The van der Waals surface area contributed by atoms with Gasteiger partial charge in [-0.3, -0.25) is 9.80 Å². The van der Waals surface area contributed by atoms with E-state index in [-0.39, 0.29) is 63.8 Å². The average molecular weight is 2010 g/mol. The fourth-order valence-corrected chi connectivity index (χ4v) is 18.1. The van der Waals surface area contributed by atoms with Gasteiger partial charge in [0.15, 0.2) is 0 Å². The number of hydrogen-bond donors (Lipinski definition) is 0. The van der Waals surface area contributed by atoms with Crippen LogP contribution in [-0.2, 0) is 76.6 Å². The van der Waals surface area contributed by atoms with Gasteiger partial charge in [-0.15, -0.1) is 82.8 Å².